The van der Waals surface area contributed by atoms with Crippen molar-refractivity contribution in [3.8, 4) is 0 Å². The van der Waals surface area contributed by atoms with Crippen LogP contribution < -0.4 is 5.32 Å². The second-order valence-electron chi connectivity index (χ2n) is 3.85. The minimum Gasteiger partial charge on any atom is -0.375 e. The molecule has 0 aromatic heterocycles. The van der Waals surface area contributed by atoms with Gasteiger partial charge >= 0.3 is 0 Å². The lowest BCUT2D eigenvalue weighted by Crippen LogP contribution is -2.64. The van der Waals surface area contributed by atoms with Crippen LogP contribution in [0.4, 0.5) is 0 Å². The summed E-state index contributed by atoms with van der Waals surface area (Å²) in [7, 11) is 1.86. The molecule has 0 atom stereocenters. The van der Waals surface area contributed by atoms with Gasteiger partial charge in [-0.3, -0.25) is 0 Å². The third-order valence-corrected chi connectivity index (χ3v) is 3.35. The van der Waals surface area contributed by atoms with Crippen molar-refractivity contribution in [2.24, 2.45) is 5.92 Å². The number of nitrogens with one attached hydrogen (secondary N) is 1. The third kappa shape index (κ3) is 1.09. The molecule has 0 radical (unpaired) electrons. The Labute approximate surface area is 68.3 Å². The van der Waals surface area contributed by atoms with Crippen molar-refractivity contribution in [3.05, 3.63) is 0 Å². The van der Waals surface area contributed by atoms with Crippen molar-refractivity contribution in [1.82, 2.24) is 5.32 Å². The van der Waals surface area contributed by atoms with E-state index in [1.165, 1.54) is 25.7 Å². The lowest BCUT2D eigenvalue weighted by molar-refractivity contribution is -0.0932. The van der Waals surface area contributed by atoms with Crippen molar-refractivity contribution >= 4 is 0 Å². The highest BCUT2D eigenvalue weighted by Crippen LogP contribution is 2.38. The molecule has 0 amide bonds. The third-order valence-electron chi connectivity index (χ3n) is 3.35. The van der Waals surface area contributed by atoms with Crippen LogP contribution in [-0.4, -0.2) is 25.8 Å². The van der Waals surface area contributed by atoms with Gasteiger partial charge in [-0.05, 0) is 18.8 Å². The normalized spacial score (nSPS) is 30.3. The van der Waals surface area contributed by atoms with Gasteiger partial charge in [0.05, 0.1) is 5.60 Å². The van der Waals surface area contributed by atoms with E-state index in [0.29, 0.717) is 0 Å². The molecule has 0 unspecified atom stereocenters. The summed E-state index contributed by atoms with van der Waals surface area (Å²) >= 11 is 0. The zero-order valence-corrected chi connectivity index (χ0v) is 7.23. The van der Waals surface area contributed by atoms with E-state index in [1.807, 2.05) is 7.11 Å². The van der Waals surface area contributed by atoms with Gasteiger partial charge in [0.15, 0.2) is 0 Å². The average Bonchev–Trinajstić information content (AvgIpc) is 2.39. The van der Waals surface area contributed by atoms with Crippen LogP contribution >= 0.6 is 0 Å². The molecule has 11 heavy (non-hydrogen) atoms. The molecule has 0 aromatic carbocycles. The highest BCUT2D eigenvalue weighted by Gasteiger charge is 2.45. The topological polar surface area (TPSA) is 21.3 Å². The zero-order chi connectivity index (χ0) is 7.73. The maximum absolute atomic E-state index is 5.60. The van der Waals surface area contributed by atoms with Crippen molar-refractivity contribution in [2.45, 2.75) is 31.3 Å². The number of ether oxygens (including phenoxy) is 1. The average molecular weight is 155 g/mol. The number of methoxy groups -OCH3 is 1. The molecule has 1 aliphatic heterocycles. The molecule has 2 nitrogen and oxygen atoms in total. The van der Waals surface area contributed by atoms with E-state index in [0.717, 1.165) is 19.0 Å². The Kier molecular flexibility index (Phi) is 1.90. The molecule has 1 N–H and O–H groups in total. The molecular formula is C9H17NO. The van der Waals surface area contributed by atoms with E-state index in [4.69, 9.17) is 4.74 Å². The highest BCUT2D eigenvalue weighted by molar-refractivity contribution is 5.00. The van der Waals surface area contributed by atoms with Crippen LogP contribution in [0.2, 0.25) is 0 Å². The van der Waals surface area contributed by atoms with Crippen LogP contribution in [0, 0.1) is 5.92 Å². The summed E-state index contributed by atoms with van der Waals surface area (Å²) in [6.45, 7) is 2.16. The molecule has 64 valence electrons. The van der Waals surface area contributed by atoms with Crippen LogP contribution in [0.3, 0.4) is 0 Å². The molecular weight excluding hydrogens is 138 g/mol. The van der Waals surface area contributed by atoms with E-state index < -0.39 is 0 Å². The summed E-state index contributed by atoms with van der Waals surface area (Å²) in [5, 5.41) is 3.30. The first-order chi connectivity index (χ1) is 5.37. The van der Waals surface area contributed by atoms with Crippen LogP contribution in [0.1, 0.15) is 25.7 Å². The van der Waals surface area contributed by atoms with Crippen molar-refractivity contribution < 1.29 is 4.74 Å². The maximum atomic E-state index is 5.60. The summed E-state index contributed by atoms with van der Waals surface area (Å²) in [5.74, 6) is 0.841. The van der Waals surface area contributed by atoms with Gasteiger partial charge in [0.2, 0.25) is 0 Å². The van der Waals surface area contributed by atoms with Gasteiger partial charge < -0.3 is 10.1 Å². The lowest BCUT2D eigenvalue weighted by atomic mass is 9.81. The molecule has 2 aliphatic rings. The SMILES string of the molecule is COC1(C2CCCC2)CNC1. The zero-order valence-electron chi connectivity index (χ0n) is 7.23. The molecule has 0 spiro atoms. The van der Waals surface area contributed by atoms with Gasteiger partial charge in [0, 0.05) is 20.2 Å². The predicted molar refractivity (Wildman–Crippen MR) is 44.6 cm³/mol. The summed E-state index contributed by atoms with van der Waals surface area (Å²) < 4.78 is 5.60. The van der Waals surface area contributed by atoms with Gasteiger partial charge in [-0.1, -0.05) is 12.8 Å². The van der Waals surface area contributed by atoms with Crippen molar-refractivity contribution in [2.75, 3.05) is 20.2 Å². The fraction of sp³-hybridized carbons (Fsp3) is 1.00. The molecule has 1 heterocycles. The Balaban J connectivity index is 1.99. The fourth-order valence-electron chi connectivity index (χ4n) is 2.42. The van der Waals surface area contributed by atoms with Gasteiger partial charge in [0.1, 0.15) is 0 Å². The number of rotatable bonds is 2. The molecule has 0 bridgehead atoms. The Morgan fingerprint density at radius 2 is 1.91 bits per heavy atom. The summed E-state index contributed by atoms with van der Waals surface area (Å²) in [6.07, 6.45) is 5.59. The van der Waals surface area contributed by atoms with E-state index in [9.17, 15) is 0 Å². The Hall–Kier alpha value is -0.0800. The van der Waals surface area contributed by atoms with Gasteiger partial charge in [-0.15, -0.1) is 0 Å². The highest BCUT2D eigenvalue weighted by atomic mass is 16.5. The summed E-state index contributed by atoms with van der Waals surface area (Å²) in [6, 6.07) is 0. The Morgan fingerprint density at radius 1 is 1.27 bits per heavy atom. The Bertz CT molecular complexity index is 131. The predicted octanol–water partition coefficient (Wildman–Crippen LogP) is 1.17. The van der Waals surface area contributed by atoms with Gasteiger partial charge in [-0.2, -0.15) is 0 Å². The molecule has 2 rings (SSSR count). The van der Waals surface area contributed by atoms with E-state index in [-0.39, 0.29) is 5.60 Å². The second kappa shape index (κ2) is 2.76. The van der Waals surface area contributed by atoms with Gasteiger partial charge in [0.25, 0.3) is 0 Å². The quantitative estimate of drug-likeness (QED) is 0.646. The summed E-state index contributed by atoms with van der Waals surface area (Å²) in [4.78, 5) is 0. The first-order valence-electron chi connectivity index (χ1n) is 4.63. The van der Waals surface area contributed by atoms with E-state index >= 15 is 0 Å². The lowest BCUT2D eigenvalue weighted by Gasteiger charge is -2.45. The molecule has 1 saturated heterocycles. The van der Waals surface area contributed by atoms with Crippen LogP contribution in [0.5, 0.6) is 0 Å². The monoisotopic (exact) mass is 155 g/mol. The minimum absolute atomic E-state index is 0.233. The van der Waals surface area contributed by atoms with E-state index in [2.05, 4.69) is 5.32 Å². The van der Waals surface area contributed by atoms with Crippen molar-refractivity contribution in [1.29, 1.82) is 0 Å². The largest absolute Gasteiger partial charge is 0.375 e. The molecule has 0 aromatic rings. The number of hydrogen-bond acceptors (Lipinski definition) is 2. The summed E-state index contributed by atoms with van der Waals surface area (Å²) in [5.41, 5.74) is 0.233. The van der Waals surface area contributed by atoms with Crippen molar-refractivity contribution in [3.63, 3.8) is 0 Å². The Morgan fingerprint density at radius 3 is 2.27 bits per heavy atom. The molecule has 1 aliphatic carbocycles. The first-order valence-corrected chi connectivity index (χ1v) is 4.63. The minimum atomic E-state index is 0.233. The maximum Gasteiger partial charge on any atom is 0.0953 e. The number of hydrogen-bond donors (Lipinski definition) is 1. The molecule has 1 saturated carbocycles. The smallest absolute Gasteiger partial charge is 0.0953 e. The van der Waals surface area contributed by atoms with Crippen LogP contribution in [-0.2, 0) is 4.74 Å². The second-order valence-corrected chi connectivity index (χ2v) is 3.85. The molecule has 2 fully saturated rings. The van der Waals surface area contributed by atoms with Gasteiger partial charge in [-0.25, -0.2) is 0 Å². The van der Waals surface area contributed by atoms with Crippen LogP contribution in [0.15, 0.2) is 0 Å². The standard InChI is InChI=1S/C9H17NO/c1-11-9(6-10-7-9)8-4-2-3-5-8/h8,10H,2-7H2,1H3. The van der Waals surface area contributed by atoms with E-state index in [1.54, 1.807) is 0 Å². The fourth-order valence-corrected chi connectivity index (χ4v) is 2.42. The van der Waals surface area contributed by atoms with Crippen LogP contribution in [0.25, 0.3) is 0 Å². The first kappa shape index (κ1) is 7.56. The molecule has 2 heteroatoms.